The molecule has 1 heterocycles. The highest BCUT2D eigenvalue weighted by atomic mass is 35.5. The summed E-state index contributed by atoms with van der Waals surface area (Å²) in [5.74, 6) is 0. The van der Waals surface area contributed by atoms with Crippen molar-refractivity contribution in [3.05, 3.63) is 38.1 Å². The van der Waals surface area contributed by atoms with E-state index in [1.165, 1.54) is 11.3 Å². The third-order valence-electron chi connectivity index (χ3n) is 2.03. The molecule has 15 heavy (non-hydrogen) atoms. The van der Waals surface area contributed by atoms with Crippen molar-refractivity contribution < 1.29 is 5.11 Å². The number of hydrogen-bond donors (Lipinski definition) is 2. The van der Waals surface area contributed by atoms with E-state index < -0.39 is 0 Å². The molecule has 2 rings (SSSR count). The SMILES string of the molecule is OCc1ccc(-c2[nH]c(=S)sc2Cl)cc1. The van der Waals surface area contributed by atoms with Gasteiger partial charge in [0.15, 0.2) is 3.95 Å². The quantitative estimate of drug-likeness (QED) is 0.807. The Hall–Kier alpha value is -0.680. The van der Waals surface area contributed by atoms with Crippen LogP contribution in [-0.2, 0) is 6.61 Å². The van der Waals surface area contributed by atoms with E-state index in [-0.39, 0.29) is 6.61 Å². The van der Waals surface area contributed by atoms with E-state index in [4.69, 9.17) is 28.9 Å². The molecule has 0 radical (unpaired) electrons. The zero-order chi connectivity index (χ0) is 10.8. The number of thiazole rings is 1. The van der Waals surface area contributed by atoms with Crippen LogP contribution in [-0.4, -0.2) is 10.1 Å². The number of rotatable bonds is 2. The minimum atomic E-state index is 0.0493. The highest BCUT2D eigenvalue weighted by Gasteiger charge is 2.06. The number of aliphatic hydroxyl groups is 1. The molecule has 78 valence electrons. The fourth-order valence-electron chi connectivity index (χ4n) is 1.27. The average molecular weight is 258 g/mol. The third kappa shape index (κ3) is 2.29. The van der Waals surface area contributed by atoms with E-state index in [2.05, 4.69) is 4.98 Å². The number of H-pyrrole nitrogens is 1. The second-order valence-electron chi connectivity index (χ2n) is 3.02. The molecule has 2 nitrogen and oxygen atoms in total. The number of aliphatic hydroxyl groups excluding tert-OH is 1. The lowest BCUT2D eigenvalue weighted by Crippen LogP contribution is -1.83. The molecule has 0 saturated heterocycles. The van der Waals surface area contributed by atoms with E-state index in [0.717, 1.165) is 16.8 Å². The number of aromatic amines is 1. The predicted molar refractivity (Wildman–Crippen MR) is 65.9 cm³/mol. The maximum Gasteiger partial charge on any atom is 0.160 e. The Morgan fingerprint density at radius 1 is 1.33 bits per heavy atom. The molecule has 2 aromatic rings. The van der Waals surface area contributed by atoms with Gasteiger partial charge in [0.05, 0.1) is 12.3 Å². The van der Waals surface area contributed by atoms with Crippen molar-refractivity contribution in [2.45, 2.75) is 6.61 Å². The van der Waals surface area contributed by atoms with Crippen LogP contribution in [0.4, 0.5) is 0 Å². The molecule has 0 amide bonds. The van der Waals surface area contributed by atoms with Gasteiger partial charge in [0.25, 0.3) is 0 Å². The minimum absolute atomic E-state index is 0.0493. The molecule has 0 fully saturated rings. The lowest BCUT2D eigenvalue weighted by atomic mass is 10.1. The first-order chi connectivity index (χ1) is 7.20. The van der Waals surface area contributed by atoms with E-state index in [1.807, 2.05) is 24.3 Å². The summed E-state index contributed by atoms with van der Waals surface area (Å²) in [5.41, 5.74) is 2.70. The summed E-state index contributed by atoms with van der Waals surface area (Å²) in [6, 6.07) is 7.54. The zero-order valence-corrected chi connectivity index (χ0v) is 10.0. The Kier molecular flexibility index (Phi) is 3.21. The van der Waals surface area contributed by atoms with Gasteiger partial charge in [-0.3, -0.25) is 0 Å². The fourth-order valence-corrected chi connectivity index (χ4v) is 2.74. The molecule has 1 aromatic heterocycles. The third-order valence-corrected chi connectivity index (χ3v) is 3.47. The summed E-state index contributed by atoms with van der Waals surface area (Å²) < 4.78 is 1.33. The van der Waals surface area contributed by atoms with E-state index in [0.29, 0.717) is 8.29 Å². The van der Waals surface area contributed by atoms with Gasteiger partial charge in [0.2, 0.25) is 0 Å². The van der Waals surface area contributed by atoms with Crippen molar-refractivity contribution in [1.29, 1.82) is 0 Å². The van der Waals surface area contributed by atoms with Crippen LogP contribution in [0.15, 0.2) is 24.3 Å². The van der Waals surface area contributed by atoms with Gasteiger partial charge in [-0.1, -0.05) is 47.2 Å². The Morgan fingerprint density at radius 3 is 2.47 bits per heavy atom. The smallest absolute Gasteiger partial charge is 0.160 e. The van der Waals surface area contributed by atoms with Gasteiger partial charge in [0.1, 0.15) is 4.34 Å². The van der Waals surface area contributed by atoms with Crippen molar-refractivity contribution in [3.8, 4) is 11.3 Å². The van der Waals surface area contributed by atoms with Crippen LogP contribution in [0.25, 0.3) is 11.3 Å². The summed E-state index contributed by atoms with van der Waals surface area (Å²) >= 11 is 12.4. The average Bonchev–Trinajstić information content (AvgIpc) is 2.58. The predicted octanol–water partition coefficient (Wildman–Crippen LogP) is 3.62. The molecule has 0 aliphatic heterocycles. The summed E-state index contributed by atoms with van der Waals surface area (Å²) in [7, 11) is 0. The molecule has 5 heteroatoms. The second kappa shape index (κ2) is 4.45. The molecule has 0 saturated carbocycles. The van der Waals surface area contributed by atoms with Crippen molar-refractivity contribution in [3.63, 3.8) is 0 Å². The van der Waals surface area contributed by atoms with Crippen LogP contribution in [0, 0.1) is 3.95 Å². The Balaban J connectivity index is 2.45. The first-order valence-corrected chi connectivity index (χ1v) is 5.90. The standard InChI is InChI=1S/C10H8ClNOS2/c11-9-8(12-10(14)15-9)7-3-1-6(5-13)2-4-7/h1-4,13H,5H2,(H,12,14). The zero-order valence-electron chi connectivity index (χ0n) is 7.66. The van der Waals surface area contributed by atoms with Crippen molar-refractivity contribution >= 4 is 35.2 Å². The van der Waals surface area contributed by atoms with Gasteiger partial charge in [-0.2, -0.15) is 0 Å². The van der Waals surface area contributed by atoms with E-state index in [1.54, 1.807) is 0 Å². The molecule has 0 bridgehead atoms. The maximum absolute atomic E-state index is 8.91. The van der Waals surface area contributed by atoms with Gasteiger partial charge in [0, 0.05) is 5.56 Å². The topological polar surface area (TPSA) is 36.0 Å². The lowest BCUT2D eigenvalue weighted by Gasteiger charge is -2.00. The molecule has 1 aromatic carbocycles. The molecule has 0 unspecified atom stereocenters. The van der Waals surface area contributed by atoms with Crippen LogP contribution in [0.5, 0.6) is 0 Å². The van der Waals surface area contributed by atoms with Crippen LogP contribution < -0.4 is 0 Å². The number of aromatic nitrogens is 1. The minimum Gasteiger partial charge on any atom is -0.392 e. The molecule has 0 spiro atoms. The van der Waals surface area contributed by atoms with Crippen molar-refractivity contribution in [1.82, 2.24) is 4.98 Å². The van der Waals surface area contributed by atoms with Crippen LogP contribution in [0.3, 0.4) is 0 Å². The van der Waals surface area contributed by atoms with E-state index >= 15 is 0 Å². The largest absolute Gasteiger partial charge is 0.392 e. The van der Waals surface area contributed by atoms with Crippen LogP contribution in [0.1, 0.15) is 5.56 Å². The van der Waals surface area contributed by atoms with Gasteiger partial charge < -0.3 is 10.1 Å². The molecule has 0 aliphatic rings. The summed E-state index contributed by atoms with van der Waals surface area (Å²) in [6.45, 7) is 0.0493. The number of halogens is 1. The molecule has 0 aliphatic carbocycles. The fraction of sp³-hybridized carbons (Fsp3) is 0.100. The van der Waals surface area contributed by atoms with E-state index in [9.17, 15) is 0 Å². The Labute approximate surface area is 101 Å². The highest BCUT2D eigenvalue weighted by Crippen LogP contribution is 2.30. The summed E-state index contributed by atoms with van der Waals surface area (Å²) in [5, 5.41) is 8.91. The number of hydrogen-bond acceptors (Lipinski definition) is 3. The van der Waals surface area contributed by atoms with Crippen LogP contribution >= 0.6 is 35.2 Å². The van der Waals surface area contributed by atoms with Crippen molar-refractivity contribution in [2.24, 2.45) is 0 Å². The Bertz CT molecular complexity index is 515. The lowest BCUT2D eigenvalue weighted by molar-refractivity contribution is 0.282. The van der Waals surface area contributed by atoms with Gasteiger partial charge in [-0.05, 0) is 17.8 Å². The monoisotopic (exact) mass is 257 g/mol. The Morgan fingerprint density at radius 2 is 2.00 bits per heavy atom. The first kappa shape index (κ1) is 10.8. The van der Waals surface area contributed by atoms with Crippen LogP contribution in [0.2, 0.25) is 4.34 Å². The highest BCUT2D eigenvalue weighted by molar-refractivity contribution is 7.73. The maximum atomic E-state index is 8.91. The van der Waals surface area contributed by atoms with Gasteiger partial charge in [-0.15, -0.1) is 0 Å². The second-order valence-corrected chi connectivity index (χ2v) is 5.31. The number of benzene rings is 1. The molecule has 2 N–H and O–H groups in total. The van der Waals surface area contributed by atoms with Gasteiger partial charge in [-0.25, -0.2) is 0 Å². The number of nitrogens with one attached hydrogen (secondary N) is 1. The molecular formula is C10H8ClNOS2. The molecule has 0 atom stereocenters. The van der Waals surface area contributed by atoms with Gasteiger partial charge >= 0.3 is 0 Å². The van der Waals surface area contributed by atoms with Crippen molar-refractivity contribution in [2.75, 3.05) is 0 Å². The normalized spacial score (nSPS) is 10.5. The summed E-state index contributed by atoms with van der Waals surface area (Å²) in [6.07, 6.45) is 0. The molecular weight excluding hydrogens is 250 g/mol. The summed E-state index contributed by atoms with van der Waals surface area (Å²) in [4.78, 5) is 3.04. The first-order valence-electron chi connectivity index (χ1n) is 4.29.